The van der Waals surface area contributed by atoms with Crippen LogP contribution < -0.4 is 4.74 Å². The Labute approximate surface area is 207 Å². The molecule has 1 fully saturated rings. The quantitative estimate of drug-likeness (QED) is 0.413. The normalized spacial score (nSPS) is 15.5. The number of thiophene rings is 1. The largest absolute Gasteiger partial charge is 0.497 e. The van der Waals surface area contributed by atoms with Crippen LogP contribution in [0.25, 0.3) is 21.8 Å². The van der Waals surface area contributed by atoms with Crippen molar-refractivity contribution in [2.75, 3.05) is 33.3 Å². The lowest BCUT2D eigenvalue weighted by atomic mass is 9.91. The molecular weight excluding hydrogens is 460 g/mol. The van der Waals surface area contributed by atoms with Crippen molar-refractivity contribution in [1.82, 2.24) is 19.9 Å². The van der Waals surface area contributed by atoms with Crippen LogP contribution in [0.3, 0.4) is 0 Å². The minimum atomic E-state index is 0.140. The Morgan fingerprint density at radius 1 is 1.03 bits per heavy atom. The van der Waals surface area contributed by atoms with Crippen molar-refractivity contribution in [3.63, 3.8) is 0 Å². The molecule has 4 aromatic rings. The summed E-state index contributed by atoms with van der Waals surface area (Å²) in [6.45, 7) is 3.52. The molecule has 35 heavy (non-hydrogen) atoms. The Morgan fingerprint density at radius 3 is 2.60 bits per heavy atom. The molecule has 0 N–H and O–H groups in total. The number of ether oxygens (including phenoxy) is 1. The van der Waals surface area contributed by atoms with Gasteiger partial charge in [-0.15, -0.1) is 11.3 Å². The van der Waals surface area contributed by atoms with E-state index in [1.54, 1.807) is 18.4 Å². The lowest BCUT2D eigenvalue weighted by Gasteiger charge is -2.33. The van der Waals surface area contributed by atoms with Crippen molar-refractivity contribution >= 4 is 17.2 Å². The Kier molecular flexibility index (Phi) is 5.83. The summed E-state index contributed by atoms with van der Waals surface area (Å²) in [4.78, 5) is 24.2. The van der Waals surface area contributed by atoms with Crippen LogP contribution in [-0.2, 0) is 19.4 Å². The van der Waals surface area contributed by atoms with Gasteiger partial charge in [0.1, 0.15) is 5.75 Å². The molecule has 3 heterocycles. The van der Waals surface area contributed by atoms with Gasteiger partial charge in [-0.1, -0.05) is 29.4 Å². The third-order valence-corrected chi connectivity index (χ3v) is 7.98. The number of methoxy groups -OCH3 is 1. The average molecular weight is 487 g/mol. The van der Waals surface area contributed by atoms with Gasteiger partial charge >= 0.3 is 0 Å². The standard InChI is InChI=1S/C27H26N4O3S/c1-33-21-10-8-19(9-11-21)26-28-24(34-29-26)17-30-12-14-31(15-13-30)27(32)23-16-20-7-6-18-4-2-3-5-22(18)25(20)35-23/h2-5,8-11,16H,6-7,12-15,17H2,1H3. The summed E-state index contributed by atoms with van der Waals surface area (Å²) < 4.78 is 10.7. The number of piperazine rings is 1. The molecule has 0 atom stereocenters. The molecule has 0 unspecified atom stereocenters. The van der Waals surface area contributed by atoms with E-state index < -0.39 is 0 Å². The molecular formula is C27H26N4O3S. The lowest BCUT2D eigenvalue weighted by molar-refractivity contribution is 0.0619. The number of carbonyl (C=O) groups excluding carboxylic acids is 1. The number of carbonyl (C=O) groups is 1. The molecule has 2 aromatic heterocycles. The van der Waals surface area contributed by atoms with Crippen molar-refractivity contribution in [1.29, 1.82) is 0 Å². The average Bonchev–Trinajstić information content (AvgIpc) is 3.56. The fourth-order valence-electron chi connectivity index (χ4n) is 4.81. The molecule has 0 spiro atoms. The zero-order chi connectivity index (χ0) is 23.8. The molecule has 0 radical (unpaired) electrons. The highest BCUT2D eigenvalue weighted by Gasteiger charge is 2.27. The number of nitrogens with zero attached hydrogens (tertiary/aromatic N) is 4. The highest BCUT2D eigenvalue weighted by Crippen LogP contribution is 2.39. The van der Waals surface area contributed by atoms with Crippen LogP contribution in [0, 0.1) is 0 Å². The molecule has 178 valence electrons. The summed E-state index contributed by atoms with van der Waals surface area (Å²) >= 11 is 1.64. The van der Waals surface area contributed by atoms with Gasteiger partial charge in [0.2, 0.25) is 11.7 Å². The predicted molar refractivity (Wildman–Crippen MR) is 135 cm³/mol. The molecule has 6 rings (SSSR count). The van der Waals surface area contributed by atoms with E-state index in [1.165, 1.54) is 21.6 Å². The summed E-state index contributed by atoms with van der Waals surface area (Å²) in [7, 11) is 1.64. The van der Waals surface area contributed by atoms with Gasteiger partial charge < -0.3 is 14.2 Å². The minimum absolute atomic E-state index is 0.140. The Bertz CT molecular complexity index is 1350. The maximum Gasteiger partial charge on any atom is 0.264 e. The topological polar surface area (TPSA) is 71.7 Å². The van der Waals surface area contributed by atoms with Crippen molar-refractivity contribution in [3.8, 4) is 27.6 Å². The highest BCUT2D eigenvalue weighted by molar-refractivity contribution is 7.17. The van der Waals surface area contributed by atoms with E-state index in [-0.39, 0.29) is 5.91 Å². The number of hydrogen-bond donors (Lipinski definition) is 0. The van der Waals surface area contributed by atoms with Crippen LogP contribution >= 0.6 is 11.3 Å². The number of aromatic nitrogens is 2. The first-order valence-corrected chi connectivity index (χ1v) is 12.7. The molecule has 1 amide bonds. The van der Waals surface area contributed by atoms with Crippen molar-refractivity contribution in [2.45, 2.75) is 19.4 Å². The van der Waals surface area contributed by atoms with Crippen LogP contribution in [0.2, 0.25) is 0 Å². The zero-order valence-corrected chi connectivity index (χ0v) is 20.4. The van der Waals surface area contributed by atoms with Crippen LogP contribution in [0.15, 0.2) is 59.1 Å². The molecule has 0 saturated carbocycles. The first-order valence-electron chi connectivity index (χ1n) is 11.9. The number of benzene rings is 2. The van der Waals surface area contributed by atoms with Gasteiger partial charge in [0, 0.05) is 36.6 Å². The molecule has 2 aromatic carbocycles. The Morgan fingerprint density at radius 2 is 1.80 bits per heavy atom. The fraction of sp³-hybridized carbons (Fsp3) is 0.296. The lowest BCUT2D eigenvalue weighted by Crippen LogP contribution is -2.48. The summed E-state index contributed by atoms with van der Waals surface area (Å²) in [5, 5.41) is 4.12. The van der Waals surface area contributed by atoms with Gasteiger partial charge in [-0.3, -0.25) is 9.69 Å². The maximum absolute atomic E-state index is 13.3. The van der Waals surface area contributed by atoms with Gasteiger partial charge in [-0.2, -0.15) is 4.98 Å². The highest BCUT2D eigenvalue weighted by atomic mass is 32.1. The second kappa shape index (κ2) is 9.28. The number of hydrogen-bond acceptors (Lipinski definition) is 7. The van der Waals surface area contributed by atoms with E-state index in [4.69, 9.17) is 9.26 Å². The minimum Gasteiger partial charge on any atom is -0.497 e. The SMILES string of the molecule is COc1ccc(-c2noc(CN3CCN(C(=O)c4cc5c(s4)-c4ccccc4CC5)CC3)n2)cc1. The first kappa shape index (κ1) is 22.0. The molecule has 0 bridgehead atoms. The fourth-order valence-corrected chi connectivity index (χ4v) is 6.05. The molecule has 1 saturated heterocycles. The Hall–Kier alpha value is -3.49. The van der Waals surface area contributed by atoms with Crippen LogP contribution in [0.5, 0.6) is 5.75 Å². The van der Waals surface area contributed by atoms with Gasteiger partial charge in [0.15, 0.2) is 0 Å². The third-order valence-electron chi connectivity index (χ3n) is 6.78. The van der Waals surface area contributed by atoms with Crippen LogP contribution in [0.4, 0.5) is 0 Å². The number of amides is 1. The molecule has 8 heteroatoms. The predicted octanol–water partition coefficient (Wildman–Crippen LogP) is 4.53. The van der Waals surface area contributed by atoms with E-state index in [9.17, 15) is 4.79 Å². The smallest absolute Gasteiger partial charge is 0.264 e. The maximum atomic E-state index is 13.3. The molecule has 7 nitrogen and oxygen atoms in total. The molecule has 1 aliphatic heterocycles. The van der Waals surface area contributed by atoms with Crippen molar-refractivity contribution in [3.05, 3.63) is 76.5 Å². The summed E-state index contributed by atoms with van der Waals surface area (Å²) in [6, 6.07) is 18.3. The summed E-state index contributed by atoms with van der Waals surface area (Å²) in [5.41, 5.74) is 4.86. The number of rotatable bonds is 5. The van der Waals surface area contributed by atoms with Gasteiger partial charge in [0.05, 0.1) is 18.5 Å². The van der Waals surface area contributed by atoms with E-state index >= 15 is 0 Å². The monoisotopic (exact) mass is 486 g/mol. The first-order chi connectivity index (χ1) is 17.2. The summed E-state index contributed by atoms with van der Waals surface area (Å²) in [5.74, 6) is 2.08. The van der Waals surface area contributed by atoms with Gasteiger partial charge in [-0.05, 0) is 59.9 Å². The van der Waals surface area contributed by atoms with Crippen molar-refractivity contribution < 1.29 is 14.1 Å². The third kappa shape index (κ3) is 4.35. The summed E-state index contributed by atoms with van der Waals surface area (Å²) in [6.07, 6.45) is 2.05. The van der Waals surface area contributed by atoms with Gasteiger partial charge in [-0.25, -0.2) is 0 Å². The van der Waals surface area contributed by atoms with Gasteiger partial charge in [0.25, 0.3) is 5.91 Å². The van der Waals surface area contributed by atoms with E-state index in [0.29, 0.717) is 31.3 Å². The van der Waals surface area contributed by atoms with Crippen LogP contribution in [-0.4, -0.2) is 59.1 Å². The van der Waals surface area contributed by atoms with Crippen molar-refractivity contribution in [2.24, 2.45) is 0 Å². The zero-order valence-electron chi connectivity index (χ0n) is 19.6. The van der Waals surface area contributed by atoms with Crippen LogP contribution in [0.1, 0.15) is 26.7 Å². The second-order valence-corrected chi connectivity index (χ2v) is 9.98. The number of aryl methyl sites for hydroxylation is 2. The molecule has 1 aliphatic carbocycles. The molecule has 2 aliphatic rings. The Balaban J connectivity index is 1.07. The second-order valence-electron chi connectivity index (χ2n) is 8.93. The van der Waals surface area contributed by atoms with E-state index in [2.05, 4.69) is 45.4 Å². The number of fused-ring (bicyclic) bond motifs is 3. The van der Waals surface area contributed by atoms with E-state index in [1.807, 2.05) is 29.2 Å². The van der Waals surface area contributed by atoms with E-state index in [0.717, 1.165) is 42.1 Å².